The first kappa shape index (κ1) is 14.7. The number of carbonyl (C=O) groups is 1. The number of urea groups is 1. The van der Waals surface area contributed by atoms with Gasteiger partial charge in [-0.3, -0.25) is 0 Å². The van der Waals surface area contributed by atoms with Crippen LogP contribution in [0, 0.1) is 6.92 Å². The minimum absolute atomic E-state index is 0.00743. The number of aryl methyl sites for hydroxylation is 1. The molecule has 1 aliphatic rings. The van der Waals surface area contributed by atoms with Gasteiger partial charge in [0.15, 0.2) is 0 Å². The summed E-state index contributed by atoms with van der Waals surface area (Å²) >= 11 is 0. The minimum Gasteiger partial charge on any atom is -0.348 e. The highest BCUT2D eigenvalue weighted by Gasteiger charge is 2.32. The maximum absolute atomic E-state index is 12.6. The van der Waals surface area contributed by atoms with Gasteiger partial charge in [-0.15, -0.1) is 0 Å². The molecule has 22 heavy (non-hydrogen) atoms. The molecule has 0 bridgehead atoms. The standard InChI is InChI=1S/C18H23N3O/c1-13(2)19-18(22)21-12-11-20-10-4-5-16(20)17(21)15-8-6-14(3)7-9-15/h4-10,13,17H,11-12H2,1-3H3,(H,19,22)/t17-/m1/s1. The summed E-state index contributed by atoms with van der Waals surface area (Å²) in [6.45, 7) is 7.63. The number of amides is 2. The van der Waals surface area contributed by atoms with Gasteiger partial charge in [0.1, 0.15) is 0 Å². The average Bonchev–Trinajstić information content (AvgIpc) is 2.95. The smallest absolute Gasteiger partial charge is 0.318 e. The molecule has 0 aliphatic carbocycles. The van der Waals surface area contributed by atoms with Crippen molar-refractivity contribution in [1.29, 1.82) is 0 Å². The van der Waals surface area contributed by atoms with Crippen LogP contribution < -0.4 is 5.32 Å². The number of fused-ring (bicyclic) bond motifs is 1. The van der Waals surface area contributed by atoms with Crippen LogP contribution in [0.15, 0.2) is 42.6 Å². The molecule has 0 radical (unpaired) electrons. The Hall–Kier alpha value is -2.23. The number of aromatic nitrogens is 1. The Labute approximate surface area is 131 Å². The normalized spacial score (nSPS) is 17.5. The summed E-state index contributed by atoms with van der Waals surface area (Å²) < 4.78 is 2.24. The Balaban J connectivity index is 1.99. The van der Waals surface area contributed by atoms with E-state index < -0.39 is 0 Å². The number of hydrogen-bond donors (Lipinski definition) is 1. The van der Waals surface area contributed by atoms with E-state index in [1.807, 2.05) is 18.7 Å². The number of nitrogens with one attached hydrogen (secondary N) is 1. The largest absolute Gasteiger partial charge is 0.348 e. The molecule has 2 heterocycles. The Morgan fingerprint density at radius 1 is 1.18 bits per heavy atom. The van der Waals surface area contributed by atoms with Crippen molar-refractivity contribution in [3.63, 3.8) is 0 Å². The fraction of sp³-hybridized carbons (Fsp3) is 0.389. The zero-order valence-corrected chi connectivity index (χ0v) is 13.4. The highest BCUT2D eigenvalue weighted by molar-refractivity contribution is 5.75. The van der Waals surface area contributed by atoms with Crippen molar-refractivity contribution in [2.24, 2.45) is 0 Å². The third-order valence-corrected chi connectivity index (χ3v) is 4.10. The van der Waals surface area contributed by atoms with Gasteiger partial charge in [0, 0.05) is 31.0 Å². The summed E-state index contributed by atoms with van der Waals surface area (Å²) in [5, 5.41) is 3.02. The maximum Gasteiger partial charge on any atom is 0.318 e. The van der Waals surface area contributed by atoms with Crippen molar-refractivity contribution in [3.05, 3.63) is 59.4 Å². The first-order chi connectivity index (χ1) is 10.6. The Bertz CT molecular complexity index is 657. The molecular formula is C18H23N3O. The molecule has 3 rings (SSSR count). The predicted molar refractivity (Wildman–Crippen MR) is 87.8 cm³/mol. The molecule has 1 aromatic carbocycles. The van der Waals surface area contributed by atoms with Crippen LogP contribution in [0.3, 0.4) is 0 Å². The molecule has 1 aliphatic heterocycles. The zero-order chi connectivity index (χ0) is 15.7. The summed E-state index contributed by atoms with van der Waals surface area (Å²) in [7, 11) is 0. The molecule has 0 saturated carbocycles. The average molecular weight is 297 g/mol. The van der Waals surface area contributed by atoms with Crippen molar-refractivity contribution in [2.75, 3.05) is 6.54 Å². The van der Waals surface area contributed by atoms with E-state index in [0.29, 0.717) is 0 Å². The van der Waals surface area contributed by atoms with Crippen molar-refractivity contribution in [2.45, 2.75) is 39.4 Å². The molecule has 0 spiro atoms. The predicted octanol–water partition coefficient (Wildman–Crippen LogP) is 3.32. The molecule has 1 aromatic heterocycles. The number of carbonyl (C=O) groups excluding carboxylic acids is 1. The molecule has 1 atom stereocenters. The van der Waals surface area contributed by atoms with E-state index in [1.165, 1.54) is 11.3 Å². The lowest BCUT2D eigenvalue weighted by Crippen LogP contribution is -2.48. The second-order valence-corrected chi connectivity index (χ2v) is 6.24. The second-order valence-electron chi connectivity index (χ2n) is 6.24. The molecule has 1 N–H and O–H groups in total. The number of benzene rings is 1. The summed E-state index contributed by atoms with van der Waals surface area (Å²) in [5.74, 6) is 0. The van der Waals surface area contributed by atoms with Crippen LogP contribution in [0.25, 0.3) is 0 Å². The molecular weight excluding hydrogens is 274 g/mol. The topological polar surface area (TPSA) is 37.3 Å². The zero-order valence-electron chi connectivity index (χ0n) is 13.4. The summed E-state index contributed by atoms with van der Waals surface area (Å²) in [4.78, 5) is 14.5. The molecule has 2 aromatic rings. The molecule has 4 heteroatoms. The molecule has 0 fully saturated rings. The van der Waals surface area contributed by atoms with Gasteiger partial charge in [0.25, 0.3) is 0 Å². The molecule has 2 amide bonds. The van der Waals surface area contributed by atoms with E-state index in [2.05, 4.69) is 59.4 Å². The first-order valence-corrected chi connectivity index (χ1v) is 7.85. The number of nitrogens with zero attached hydrogens (tertiary/aromatic N) is 2. The lowest BCUT2D eigenvalue weighted by atomic mass is 9.99. The lowest BCUT2D eigenvalue weighted by Gasteiger charge is -2.37. The molecule has 116 valence electrons. The van der Waals surface area contributed by atoms with Crippen LogP contribution in [0.1, 0.15) is 36.7 Å². The van der Waals surface area contributed by atoms with E-state index >= 15 is 0 Å². The van der Waals surface area contributed by atoms with Crippen LogP contribution in [0.4, 0.5) is 4.79 Å². The van der Waals surface area contributed by atoms with Gasteiger partial charge in [0.2, 0.25) is 0 Å². The molecule has 0 saturated heterocycles. The van der Waals surface area contributed by atoms with Gasteiger partial charge >= 0.3 is 6.03 Å². The van der Waals surface area contributed by atoms with E-state index in [9.17, 15) is 4.79 Å². The highest BCUT2D eigenvalue weighted by atomic mass is 16.2. The molecule has 4 nitrogen and oxygen atoms in total. The van der Waals surface area contributed by atoms with Crippen molar-refractivity contribution >= 4 is 6.03 Å². The number of rotatable bonds is 2. The van der Waals surface area contributed by atoms with Crippen molar-refractivity contribution in [3.8, 4) is 0 Å². The summed E-state index contributed by atoms with van der Waals surface area (Å²) in [6, 6.07) is 12.7. The van der Waals surface area contributed by atoms with Crippen LogP contribution in [0.2, 0.25) is 0 Å². The fourth-order valence-electron chi connectivity index (χ4n) is 3.03. The highest BCUT2D eigenvalue weighted by Crippen LogP contribution is 2.32. The van der Waals surface area contributed by atoms with Crippen molar-refractivity contribution < 1.29 is 4.79 Å². The van der Waals surface area contributed by atoms with Crippen LogP contribution in [-0.4, -0.2) is 28.1 Å². The lowest BCUT2D eigenvalue weighted by molar-refractivity contribution is 0.166. The first-order valence-electron chi connectivity index (χ1n) is 7.85. The van der Waals surface area contributed by atoms with E-state index in [4.69, 9.17) is 0 Å². The van der Waals surface area contributed by atoms with E-state index in [-0.39, 0.29) is 18.1 Å². The third kappa shape index (κ3) is 2.73. The fourth-order valence-corrected chi connectivity index (χ4v) is 3.03. The van der Waals surface area contributed by atoms with Gasteiger partial charge in [-0.1, -0.05) is 29.8 Å². The monoisotopic (exact) mass is 297 g/mol. The van der Waals surface area contributed by atoms with Crippen LogP contribution >= 0.6 is 0 Å². The van der Waals surface area contributed by atoms with Gasteiger partial charge in [0.05, 0.1) is 6.04 Å². The minimum atomic E-state index is -0.0249. The summed E-state index contributed by atoms with van der Waals surface area (Å²) in [6.07, 6.45) is 2.09. The second kappa shape index (κ2) is 5.87. The SMILES string of the molecule is Cc1ccc([C@@H]2c3cccn3CCN2C(=O)NC(C)C)cc1. The van der Waals surface area contributed by atoms with E-state index in [1.54, 1.807) is 0 Å². The quantitative estimate of drug-likeness (QED) is 0.907. The van der Waals surface area contributed by atoms with Gasteiger partial charge in [-0.2, -0.15) is 0 Å². The van der Waals surface area contributed by atoms with Gasteiger partial charge in [-0.25, -0.2) is 4.79 Å². The summed E-state index contributed by atoms with van der Waals surface area (Å²) in [5.41, 5.74) is 3.56. The van der Waals surface area contributed by atoms with E-state index in [0.717, 1.165) is 18.7 Å². The number of hydrogen-bond acceptors (Lipinski definition) is 1. The van der Waals surface area contributed by atoms with Crippen LogP contribution in [0.5, 0.6) is 0 Å². The molecule has 0 unspecified atom stereocenters. The third-order valence-electron chi connectivity index (χ3n) is 4.10. The Morgan fingerprint density at radius 3 is 2.59 bits per heavy atom. The maximum atomic E-state index is 12.6. The van der Waals surface area contributed by atoms with Gasteiger partial charge in [-0.05, 0) is 38.5 Å². The van der Waals surface area contributed by atoms with Gasteiger partial charge < -0.3 is 14.8 Å². The van der Waals surface area contributed by atoms with Crippen LogP contribution in [-0.2, 0) is 6.54 Å². The Kier molecular flexibility index (Phi) is 3.92. The van der Waals surface area contributed by atoms with Crippen molar-refractivity contribution in [1.82, 2.24) is 14.8 Å². The Morgan fingerprint density at radius 2 is 1.91 bits per heavy atom.